The first kappa shape index (κ1) is 20.8. The van der Waals surface area contributed by atoms with E-state index in [0.29, 0.717) is 36.0 Å². The Balaban J connectivity index is 1.19. The Morgan fingerprint density at radius 1 is 0.750 bits per heavy atom. The van der Waals surface area contributed by atoms with Crippen LogP contribution < -0.4 is 20.7 Å². The van der Waals surface area contributed by atoms with Crippen LogP contribution in [0.5, 0.6) is 11.5 Å². The van der Waals surface area contributed by atoms with Gasteiger partial charge in [-0.3, -0.25) is 9.78 Å². The van der Waals surface area contributed by atoms with Crippen LogP contribution in [0.25, 0.3) is 0 Å². The number of hydrogen-bond acceptors (Lipinski definition) is 7. The van der Waals surface area contributed by atoms with Crippen molar-refractivity contribution < 1.29 is 9.53 Å². The van der Waals surface area contributed by atoms with Crippen LogP contribution in [0.3, 0.4) is 0 Å². The van der Waals surface area contributed by atoms with Crippen molar-refractivity contribution >= 4 is 23.2 Å². The van der Waals surface area contributed by atoms with E-state index in [4.69, 9.17) is 4.74 Å². The van der Waals surface area contributed by atoms with Gasteiger partial charge in [-0.25, -0.2) is 0 Å². The average Bonchev–Trinajstić information content (AvgIpc) is 2.84. The number of ether oxygens (including phenoxy) is 1. The molecule has 1 amide bonds. The van der Waals surface area contributed by atoms with Crippen molar-refractivity contribution in [3.05, 3.63) is 96.8 Å². The van der Waals surface area contributed by atoms with E-state index in [1.54, 1.807) is 36.7 Å². The number of rotatable bonds is 9. The molecular weight excluding hydrogens is 404 g/mol. The second-order valence-corrected chi connectivity index (χ2v) is 6.79. The lowest BCUT2D eigenvalue weighted by Gasteiger charge is -2.09. The number of para-hydroxylation sites is 1. The van der Waals surface area contributed by atoms with Crippen LogP contribution in [0.15, 0.2) is 91.3 Å². The number of amides is 1. The van der Waals surface area contributed by atoms with Crippen molar-refractivity contribution in [1.82, 2.24) is 20.5 Å². The van der Waals surface area contributed by atoms with Crippen LogP contribution in [0.1, 0.15) is 10.4 Å². The number of aromatic nitrogens is 3. The Labute approximate surface area is 185 Å². The van der Waals surface area contributed by atoms with Gasteiger partial charge in [0, 0.05) is 36.7 Å². The normalized spacial score (nSPS) is 10.2. The lowest BCUT2D eigenvalue weighted by atomic mass is 10.2. The molecular formula is C24H22N6O2. The van der Waals surface area contributed by atoms with E-state index in [1.165, 1.54) is 0 Å². The predicted molar refractivity (Wildman–Crippen MR) is 123 cm³/mol. The van der Waals surface area contributed by atoms with Crippen LogP contribution in [-0.2, 0) is 0 Å². The van der Waals surface area contributed by atoms with Gasteiger partial charge >= 0.3 is 0 Å². The van der Waals surface area contributed by atoms with Crippen molar-refractivity contribution in [2.24, 2.45) is 0 Å². The molecule has 0 fully saturated rings. The highest BCUT2D eigenvalue weighted by molar-refractivity contribution is 5.94. The van der Waals surface area contributed by atoms with E-state index in [0.717, 1.165) is 11.4 Å². The summed E-state index contributed by atoms with van der Waals surface area (Å²) in [6.07, 6.45) is 3.40. The minimum Gasteiger partial charge on any atom is -0.457 e. The number of hydrogen-bond donors (Lipinski definition) is 3. The van der Waals surface area contributed by atoms with Gasteiger partial charge in [-0.05, 0) is 60.7 Å². The topological polar surface area (TPSA) is 101 Å². The molecule has 0 radical (unpaired) electrons. The molecule has 8 heteroatoms. The second kappa shape index (κ2) is 10.5. The summed E-state index contributed by atoms with van der Waals surface area (Å²) >= 11 is 0. The third-order valence-electron chi connectivity index (χ3n) is 4.43. The fourth-order valence-corrected chi connectivity index (χ4v) is 2.84. The van der Waals surface area contributed by atoms with Gasteiger partial charge in [0.2, 0.25) is 0 Å². The lowest BCUT2D eigenvalue weighted by molar-refractivity contribution is 0.0955. The fourth-order valence-electron chi connectivity index (χ4n) is 2.84. The average molecular weight is 426 g/mol. The zero-order chi connectivity index (χ0) is 22.0. The molecule has 4 aromatic rings. The Hall–Kier alpha value is -4.46. The van der Waals surface area contributed by atoms with Gasteiger partial charge in [-0.15, -0.1) is 10.2 Å². The first-order chi connectivity index (χ1) is 15.8. The van der Waals surface area contributed by atoms with Crippen LogP contribution >= 0.6 is 0 Å². The van der Waals surface area contributed by atoms with Gasteiger partial charge in [0.05, 0.1) is 0 Å². The molecule has 2 aromatic heterocycles. The van der Waals surface area contributed by atoms with Gasteiger partial charge in [0.15, 0.2) is 5.82 Å². The third-order valence-corrected chi connectivity index (χ3v) is 4.43. The molecule has 0 aliphatic rings. The molecule has 0 atom stereocenters. The van der Waals surface area contributed by atoms with E-state index in [-0.39, 0.29) is 5.91 Å². The molecule has 0 saturated heterocycles. The molecule has 2 aromatic carbocycles. The monoisotopic (exact) mass is 426 g/mol. The van der Waals surface area contributed by atoms with Crippen LogP contribution in [0.2, 0.25) is 0 Å². The standard InChI is InChI=1S/C24H22N6O2/c31-24(18-6-8-21(9-7-18)32-20-4-2-1-3-5-20)27-17-16-26-22-10-11-23(30-29-22)28-19-12-14-25-15-13-19/h1-15H,16-17H2,(H,26,29)(H,27,31)(H,25,28,30). The highest BCUT2D eigenvalue weighted by atomic mass is 16.5. The van der Waals surface area contributed by atoms with Crippen molar-refractivity contribution in [2.45, 2.75) is 0 Å². The Bertz CT molecular complexity index is 1120. The summed E-state index contributed by atoms with van der Waals surface area (Å²) in [6, 6.07) is 23.9. The summed E-state index contributed by atoms with van der Waals surface area (Å²) in [6.45, 7) is 0.965. The minimum atomic E-state index is -0.152. The van der Waals surface area contributed by atoms with E-state index in [1.807, 2.05) is 54.6 Å². The fraction of sp³-hybridized carbons (Fsp3) is 0.0833. The Kier molecular flexibility index (Phi) is 6.85. The molecule has 32 heavy (non-hydrogen) atoms. The first-order valence-corrected chi connectivity index (χ1v) is 10.1. The Morgan fingerprint density at radius 2 is 1.44 bits per heavy atom. The maximum Gasteiger partial charge on any atom is 0.251 e. The lowest BCUT2D eigenvalue weighted by Crippen LogP contribution is -2.28. The molecule has 2 heterocycles. The van der Waals surface area contributed by atoms with Crippen molar-refractivity contribution in [3.8, 4) is 11.5 Å². The molecule has 0 spiro atoms. The largest absolute Gasteiger partial charge is 0.457 e. The van der Waals surface area contributed by atoms with Gasteiger partial charge < -0.3 is 20.7 Å². The van der Waals surface area contributed by atoms with Gasteiger partial charge in [0.1, 0.15) is 17.3 Å². The summed E-state index contributed by atoms with van der Waals surface area (Å²) in [5, 5.41) is 17.4. The second-order valence-electron chi connectivity index (χ2n) is 6.79. The maximum absolute atomic E-state index is 12.3. The predicted octanol–water partition coefficient (Wildman–Crippen LogP) is 4.25. The summed E-state index contributed by atoms with van der Waals surface area (Å²) in [7, 11) is 0. The zero-order valence-corrected chi connectivity index (χ0v) is 17.2. The van der Waals surface area contributed by atoms with E-state index in [9.17, 15) is 4.79 Å². The summed E-state index contributed by atoms with van der Waals surface area (Å²) in [5.74, 6) is 2.53. The van der Waals surface area contributed by atoms with Crippen LogP contribution in [0.4, 0.5) is 17.3 Å². The van der Waals surface area contributed by atoms with Gasteiger partial charge in [-0.1, -0.05) is 18.2 Å². The molecule has 0 aliphatic carbocycles. The van der Waals surface area contributed by atoms with Gasteiger partial charge in [0.25, 0.3) is 5.91 Å². The smallest absolute Gasteiger partial charge is 0.251 e. The SMILES string of the molecule is O=C(NCCNc1ccc(Nc2ccncc2)nn1)c1ccc(Oc2ccccc2)cc1. The molecule has 8 nitrogen and oxygen atoms in total. The molecule has 0 unspecified atom stereocenters. The molecule has 0 bridgehead atoms. The zero-order valence-electron chi connectivity index (χ0n) is 17.2. The first-order valence-electron chi connectivity index (χ1n) is 10.1. The number of pyridine rings is 1. The minimum absolute atomic E-state index is 0.152. The Morgan fingerprint density at radius 3 is 2.16 bits per heavy atom. The quantitative estimate of drug-likeness (QED) is 0.344. The molecule has 0 saturated carbocycles. The van der Waals surface area contributed by atoms with Crippen molar-refractivity contribution in [3.63, 3.8) is 0 Å². The highest BCUT2D eigenvalue weighted by Gasteiger charge is 2.06. The number of carbonyl (C=O) groups excluding carboxylic acids is 1. The van der Waals surface area contributed by atoms with Gasteiger partial charge in [-0.2, -0.15) is 0 Å². The highest BCUT2D eigenvalue weighted by Crippen LogP contribution is 2.21. The molecule has 4 rings (SSSR count). The molecule has 160 valence electrons. The van der Waals surface area contributed by atoms with Crippen molar-refractivity contribution in [2.75, 3.05) is 23.7 Å². The summed E-state index contributed by atoms with van der Waals surface area (Å²) in [4.78, 5) is 16.3. The third kappa shape index (κ3) is 6.02. The van der Waals surface area contributed by atoms with E-state index < -0.39 is 0 Å². The summed E-state index contributed by atoms with van der Waals surface area (Å²) in [5.41, 5.74) is 1.45. The molecule has 0 aliphatic heterocycles. The van der Waals surface area contributed by atoms with E-state index in [2.05, 4.69) is 31.1 Å². The van der Waals surface area contributed by atoms with Crippen LogP contribution in [0, 0.1) is 0 Å². The van der Waals surface area contributed by atoms with E-state index >= 15 is 0 Å². The van der Waals surface area contributed by atoms with Crippen molar-refractivity contribution in [1.29, 1.82) is 0 Å². The number of benzene rings is 2. The molecule has 3 N–H and O–H groups in total. The van der Waals surface area contributed by atoms with Crippen LogP contribution in [-0.4, -0.2) is 34.2 Å². The number of nitrogens with one attached hydrogen (secondary N) is 3. The summed E-state index contributed by atoms with van der Waals surface area (Å²) < 4.78 is 5.74. The maximum atomic E-state index is 12.3. The number of nitrogens with zero attached hydrogens (tertiary/aromatic N) is 3. The number of carbonyl (C=O) groups is 1. The number of anilines is 3.